The first kappa shape index (κ1) is 24.7. The quantitative estimate of drug-likeness (QED) is 0.225. The average Bonchev–Trinajstić information content (AvgIpc) is 2.88. The van der Waals surface area contributed by atoms with Gasteiger partial charge in [-0.05, 0) is 71.8 Å². The van der Waals surface area contributed by atoms with Crippen LogP contribution in [-0.2, 0) is 6.61 Å². The Hall–Kier alpha value is -3.42. The third-order valence-corrected chi connectivity index (χ3v) is 6.26. The van der Waals surface area contributed by atoms with E-state index in [-0.39, 0.29) is 11.8 Å². The van der Waals surface area contributed by atoms with Crippen LogP contribution < -0.4 is 15.4 Å². The monoisotopic (exact) mass is 592 g/mol. The fourth-order valence-electron chi connectivity index (χ4n) is 3.36. The molecule has 0 atom stereocenters. The van der Waals surface area contributed by atoms with Crippen molar-refractivity contribution in [3.05, 3.63) is 134 Å². The van der Waals surface area contributed by atoms with Gasteiger partial charge in [-0.1, -0.05) is 74.3 Å². The van der Waals surface area contributed by atoms with E-state index in [9.17, 15) is 9.59 Å². The summed E-state index contributed by atoms with van der Waals surface area (Å²) >= 11 is 6.76. The van der Waals surface area contributed by atoms with Crippen molar-refractivity contribution in [2.45, 2.75) is 12.8 Å². The van der Waals surface area contributed by atoms with Crippen molar-refractivity contribution in [1.29, 1.82) is 0 Å². The number of carbonyl (C=O) groups is 2. The molecule has 35 heavy (non-hydrogen) atoms. The Balaban J connectivity index is 1.56. The van der Waals surface area contributed by atoms with E-state index in [1.54, 1.807) is 48.5 Å². The second-order valence-electron chi connectivity index (χ2n) is 7.74. The van der Waals surface area contributed by atoms with Gasteiger partial charge in [-0.2, -0.15) is 0 Å². The number of nitrogens with one attached hydrogen (secondary N) is 2. The van der Waals surface area contributed by atoms with E-state index in [2.05, 4.69) is 42.5 Å². The van der Waals surface area contributed by atoms with Gasteiger partial charge in [0.05, 0.1) is 0 Å². The Bertz CT molecular complexity index is 1230. The lowest BCUT2D eigenvalue weighted by atomic mass is 10.1. The van der Waals surface area contributed by atoms with Gasteiger partial charge >= 0.3 is 0 Å². The van der Waals surface area contributed by atoms with Gasteiger partial charge in [-0.3, -0.25) is 9.59 Å². The summed E-state index contributed by atoms with van der Waals surface area (Å²) in [6.45, 7) is 0.408. The van der Waals surface area contributed by atoms with Gasteiger partial charge in [0.1, 0.15) is 18.5 Å². The van der Waals surface area contributed by atoms with E-state index >= 15 is 0 Å². The Morgan fingerprint density at radius 3 is 1.77 bits per heavy atom. The van der Waals surface area contributed by atoms with Gasteiger partial charge in [-0.25, -0.2) is 0 Å². The second-order valence-corrected chi connectivity index (χ2v) is 9.57. The zero-order valence-corrected chi connectivity index (χ0v) is 21.8. The number of amides is 2. The lowest BCUT2D eigenvalue weighted by molar-refractivity contribution is 0.0883. The number of hydrogen-bond donors (Lipinski definition) is 2. The fraction of sp³-hybridized carbons (Fsp3) is 0.0714. The van der Waals surface area contributed by atoms with Crippen LogP contribution in [-0.4, -0.2) is 11.8 Å². The van der Waals surface area contributed by atoms with Crippen LogP contribution in [0.25, 0.3) is 0 Å². The molecule has 4 aromatic rings. The molecular formula is C28H22Br2N2O3. The summed E-state index contributed by atoms with van der Waals surface area (Å²) in [7, 11) is 0. The summed E-state index contributed by atoms with van der Waals surface area (Å²) in [4.78, 5) is 26.0. The van der Waals surface area contributed by atoms with Crippen LogP contribution >= 0.6 is 31.9 Å². The van der Waals surface area contributed by atoms with Crippen molar-refractivity contribution in [2.75, 3.05) is 0 Å². The second kappa shape index (κ2) is 11.8. The number of hydrogen-bond acceptors (Lipinski definition) is 3. The highest BCUT2D eigenvalue weighted by Gasteiger charge is 2.20. The molecular weight excluding hydrogens is 572 g/mol. The van der Waals surface area contributed by atoms with Crippen molar-refractivity contribution in [3.63, 3.8) is 0 Å². The Labute approximate surface area is 220 Å². The number of rotatable bonds is 8. The van der Waals surface area contributed by atoms with Crippen molar-refractivity contribution in [1.82, 2.24) is 10.6 Å². The predicted octanol–water partition coefficient (Wildman–Crippen LogP) is 6.65. The summed E-state index contributed by atoms with van der Waals surface area (Å²) in [6.07, 6.45) is -0.775. The van der Waals surface area contributed by atoms with Crippen LogP contribution in [0, 0.1) is 0 Å². The van der Waals surface area contributed by atoms with E-state index in [1.807, 2.05) is 54.6 Å². The van der Waals surface area contributed by atoms with Crippen LogP contribution in [0.2, 0.25) is 0 Å². The summed E-state index contributed by atoms with van der Waals surface area (Å²) < 4.78 is 7.70. The number of halogens is 2. The zero-order chi connectivity index (χ0) is 24.6. The van der Waals surface area contributed by atoms with Crippen LogP contribution in [0.4, 0.5) is 0 Å². The normalized spacial score (nSPS) is 10.6. The molecule has 2 N–H and O–H groups in total. The molecule has 4 aromatic carbocycles. The van der Waals surface area contributed by atoms with Gasteiger partial charge < -0.3 is 15.4 Å². The molecule has 0 bridgehead atoms. The highest BCUT2D eigenvalue weighted by molar-refractivity contribution is 9.10. The van der Waals surface area contributed by atoms with E-state index in [0.717, 1.165) is 14.5 Å². The standard InChI is InChI=1S/C28H22Br2N2O3/c29-23-13-9-20(10-14-23)27(33)31-26(32-28(34)21-11-15-24(30)16-12-21)22-7-4-8-25(17-22)35-18-19-5-2-1-3-6-19/h1-17,26H,18H2,(H,31,33)(H,32,34). The first-order valence-electron chi connectivity index (χ1n) is 10.9. The molecule has 176 valence electrons. The summed E-state index contributed by atoms with van der Waals surface area (Å²) in [6, 6.07) is 31.2. The maximum absolute atomic E-state index is 13.0. The fourth-order valence-corrected chi connectivity index (χ4v) is 3.89. The molecule has 0 aromatic heterocycles. The minimum Gasteiger partial charge on any atom is -0.489 e. The summed E-state index contributed by atoms with van der Waals surface area (Å²) in [5.74, 6) is 0.00978. The summed E-state index contributed by atoms with van der Waals surface area (Å²) in [5, 5.41) is 5.86. The predicted molar refractivity (Wildman–Crippen MR) is 143 cm³/mol. The largest absolute Gasteiger partial charge is 0.489 e. The highest BCUT2D eigenvalue weighted by atomic mass is 79.9. The molecule has 7 heteroatoms. The lowest BCUT2D eigenvalue weighted by Crippen LogP contribution is -2.41. The maximum atomic E-state index is 13.0. The Morgan fingerprint density at radius 2 is 1.23 bits per heavy atom. The van der Waals surface area contributed by atoms with Crippen molar-refractivity contribution >= 4 is 43.7 Å². The minimum absolute atomic E-state index is 0.311. The van der Waals surface area contributed by atoms with Gasteiger partial charge in [-0.15, -0.1) is 0 Å². The SMILES string of the molecule is O=C(NC(NC(=O)c1ccc(Br)cc1)c1cccc(OCc2ccccc2)c1)c1ccc(Br)cc1. The van der Waals surface area contributed by atoms with Crippen molar-refractivity contribution in [2.24, 2.45) is 0 Å². The van der Waals surface area contributed by atoms with Gasteiger partial charge in [0.15, 0.2) is 0 Å². The van der Waals surface area contributed by atoms with Crippen LogP contribution in [0.5, 0.6) is 5.75 Å². The molecule has 0 saturated heterocycles. The van der Waals surface area contributed by atoms with E-state index in [1.165, 1.54) is 0 Å². The first-order chi connectivity index (χ1) is 17.0. The molecule has 0 aliphatic rings. The number of benzene rings is 4. The van der Waals surface area contributed by atoms with E-state index in [4.69, 9.17) is 4.74 Å². The van der Waals surface area contributed by atoms with Crippen LogP contribution in [0.3, 0.4) is 0 Å². The van der Waals surface area contributed by atoms with Crippen LogP contribution in [0.15, 0.2) is 112 Å². The zero-order valence-electron chi connectivity index (χ0n) is 18.6. The smallest absolute Gasteiger partial charge is 0.253 e. The van der Waals surface area contributed by atoms with Crippen LogP contribution in [0.1, 0.15) is 38.0 Å². The Kier molecular flexibility index (Phi) is 8.34. The van der Waals surface area contributed by atoms with Gasteiger partial charge in [0, 0.05) is 20.1 Å². The molecule has 0 heterocycles. The molecule has 5 nitrogen and oxygen atoms in total. The molecule has 0 spiro atoms. The summed E-state index contributed by atoms with van der Waals surface area (Å²) in [5.41, 5.74) is 2.69. The molecule has 4 rings (SSSR count). The van der Waals surface area contributed by atoms with Crippen molar-refractivity contribution < 1.29 is 14.3 Å². The molecule has 0 fully saturated rings. The number of carbonyl (C=O) groups excluding carboxylic acids is 2. The molecule has 0 aliphatic carbocycles. The first-order valence-corrected chi connectivity index (χ1v) is 12.5. The minimum atomic E-state index is -0.775. The van der Waals surface area contributed by atoms with Gasteiger partial charge in [0.25, 0.3) is 11.8 Å². The third-order valence-electron chi connectivity index (χ3n) is 5.20. The maximum Gasteiger partial charge on any atom is 0.253 e. The average molecular weight is 594 g/mol. The molecule has 0 radical (unpaired) electrons. The third kappa shape index (κ3) is 7.04. The topological polar surface area (TPSA) is 67.4 Å². The molecule has 2 amide bonds. The lowest BCUT2D eigenvalue weighted by Gasteiger charge is -2.22. The molecule has 0 aliphatic heterocycles. The molecule has 0 saturated carbocycles. The van der Waals surface area contributed by atoms with E-state index < -0.39 is 6.17 Å². The number of ether oxygens (including phenoxy) is 1. The van der Waals surface area contributed by atoms with Crippen molar-refractivity contribution in [3.8, 4) is 5.75 Å². The van der Waals surface area contributed by atoms with Gasteiger partial charge in [0.2, 0.25) is 0 Å². The molecule has 0 unspecified atom stereocenters. The highest BCUT2D eigenvalue weighted by Crippen LogP contribution is 2.21. The Morgan fingerprint density at radius 1 is 0.686 bits per heavy atom. The van der Waals surface area contributed by atoms with E-state index in [0.29, 0.717) is 29.0 Å².